The standard InChI is InChI=1S/C11H14N2O/c1-3-4-9-5-6-10(8(2)7-9)11(12)13-14/h3,5-7,14H,1,4H2,2H3,(H2,12,13). The summed E-state index contributed by atoms with van der Waals surface area (Å²) in [4.78, 5) is 0. The molecule has 0 aromatic heterocycles. The van der Waals surface area contributed by atoms with E-state index in [1.807, 2.05) is 31.2 Å². The molecule has 0 aliphatic carbocycles. The van der Waals surface area contributed by atoms with E-state index in [1.54, 1.807) is 0 Å². The largest absolute Gasteiger partial charge is 0.409 e. The summed E-state index contributed by atoms with van der Waals surface area (Å²) in [7, 11) is 0. The van der Waals surface area contributed by atoms with Gasteiger partial charge in [-0.1, -0.05) is 29.4 Å². The number of oxime groups is 1. The first-order chi connectivity index (χ1) is 6.69. The number of nitrogens with two attached hydrogens (primary N) is 1. The Morgan fingerprint density at radius 2 is 2.36 bits per heavy atom. The molecule has 74 valence electrons. The van der Waals surface area contributed by atoms with Crippen molar-refractivity contribution in [3.05, 3.63) is 47.5 Å². The van der Waals surface area contributed by atoms with Gasteiger partial charge in [0.15, 0.2) is 5.84 Å². The maximum atomic E-state index is 8.53. The molecule has 0 aliphatic rings. The molecule has 0 amide bonds. The van der Waals surface area contributed by atoms with Crippen LogP contribution in [0.3, 0.4) is 0 Å². The highest BCUT2D eigenvalue weighted by Gasteiger charge is 2.03. The first-order valence-corrected chi connectivity index (χ1v) is 4.37. The monoisotopic (exact) mass is 190 g/mol. The van der Waals surface area contributed by atoms with Crippen LogP contribution in [0.15, 0.2) is 36.0 Å². The molecular formula is C11H14N2O. The molecule has 0 saturated heterocycles. The van der Waals surface area contributed by atoms with Crippen molar-refractivity contribution in [3.8, 4) is 0 Å². The Morgan fingerprint density at radius 3 is 2.86 bits per heavy atom. The smallest absolute Gasteiger partial charge is 0.170 e. The van der Waals surface area contributed by atoms with Crippen LogP contribution in [0, 0.1) is 6.92 Å². The topological polar surface area (TPSA) is 58.6 Å². The van der Waals surface area contributed by atoms with Crippen LogP contribution in [0.1, 0.15) is 16.7 Å². The first-order valence-electron chi connectivity index (χ1n) is 4.37. The third-order valence-corrected chi connectivity index (χ3v) is 2.05. The Balaban J connectivity index is 3.07. The van der Waals surface area contributed by atoms with Gasteiger partial charge in [0.25, 0.3) is 0 Å². The van der Waals surface area contributed by atoms with E-state index in [0.29, 0.717) is 0 Å². The molecule has 14 heavy (non-hydrogen) atoms. The average molecular weight is 190 g/mol. The number of benzene rings is 1. The van der Waals surface area contributed by atoms with Gasteiger partial charge in [0.2, 0.25) is 0 Å². The van der Waals surface area contributed by atoms with Gasteiger partial charge in [-0.3, -0.25) is 0 Å². The molecule has 0 aliphatic heterocycles. The summed E-state index contributed by atoms with van der Waals surface area (Å²) in [5, 5.41) is 11.5. The van der Waals surface area contributed by atoms with E-state index in [9.17, 15) is 0 Å². The van der Waals surface area contributed by atoms with Crippen LogP contribution in [0.5, 0.6) is 0 Å². The van der Waals surface area contributed by atoms with Gasteiger partial charge in [-0.05, 0) is 24.5 Å². The minimum absolute atomic E-state index is 0.146. The van der Waals surface area contributed by atoms with Crippen LogP contribution in [0.25, 0.3) is 0 Å². The highest BCUT2D eigenvalue weighted by Crippen LogP contribution is 2.11. The number of hydrogen-bond acceptors (Lipinski definition) is 2. The van der Waals surface area contributed by atoms with Crippen LogP contribution in [-0.2, 0) is 6.42 Å². The average Bonchev–Trinajstić information content (AvgIpc) is 2.17. The number of rotatable bonds is 3. The van der Waals surface area contributed by atoms with E-state index in [2.05, 4.69) is 11.7 Å². The van der Waals surface area contributed by atoms with E-state index in [4.69, 9.17) is 10.9 Å². The molecule has 1 rings (SSSR count). The van der Waals surface area contributed by atoms with E-state index in [0.717, 1.165) is 17.5 Å². The molecule has 0 bridgehead atoms. The lowest BCUT2D eigenvalue weighted by Gasteiger charge is -2.05. The Labute approximate surface area is 83.5 Å². The fourth-order valence-corrected chi connectivity index (χ4v) is 1.36. The summed E-state index contributed by atoms with van der Waals surface area (Å²) in [6.07, 6.45) is 2.68. The predicted octanol–water partition coefficient (Wildman–Crippen LogP) is 1.82. The molecule has 3 heteroatoms. The fourth-order valence-electron chi connectivity index (χ4n) is 1.36. The summed E-state index contributed by atoms with van der Waals surface area (Å²) in [6, 6.07) is 5.81. The molecule has 0 atom stereocenters. The minimum atomic E-state index is 0.146. The van der Waals surface area contributed by atoms with E-state index in [1.165, 1.54) is 5.56 Å². The molecule has 0 saturated carbocycles. The third kappa shape index (κ3) is 2.13. The lowest BCUT2D eigenvalue weighted by Crippen LogP contribution is -2.14. The van der Waals surface area contributed by atoms with Crippen molar-refractivity contribution in [2.45, 2.75) is 13.3 Å². The van der Waals surface area contributed by atoms with Crippen LogP contribution in [0.2, 0.25) is 0 Å². The molecule has 0 radical (unpaired) electrons. The Hall–Kier alpha value is -1.77. The quantitative estimate of drug-likeness (QED) is 0.251. The number of amidine groups is 1. The lowest BCUT2D eigenvalue weighted by molar-refractivity contribution is 0.318. The van der Waals surface area contributed by atoms with Crippen molar-refractivity contribution in [2.75, 3.05) is 0 Å². The Bertz CT molecular complexity index is 370. The van der Waals surface area contributed by atoms with Crippen LogP contribution >= 0.6 is 0 Å². The van der Waals surface area contributed by atoms with Gasteiger partial charge in [0, 0.05) is 5.56 Å². The molecule has 0 unspecified atom stereocenters. The summed E-state index contributed by atoms with van der Waals surface area (Å²) in [5.74, 6) is 0.146. The summed E-state index contributed by atoms with van der Waals surface area (Å²) < 4.78 is 0. The van der Waals surface area contributed by atoms with E-state index >= 15 is 0 Å². The molecular weight excluding hydrogens is 176 g/mol. The van der Waals surface area contributed by atoms with Gasteiger partial charge in [-0.25, -0.2) is 0 Å². The van der Waals surface area contributed by atoms with Crippen LogP contribution in [0.4, 0.5) is 0 Å². The van der Waals surface area contributed by atoms with Crippen molar-refractivity contribution in [1.82, 2.24) is 0 Å². The van der Waals surface area contributed by atoms with Crippen LogP contribution < -0.4 is 5.73 Å². The summed E-state index contributed by atoms with van der Waals surface area (Å²) in [5.41, 5.74) is 8.44. The second kappa shape index (κ2) is 4.46. The minimum Gasteiger partial charge on any atom is -0.409 e. The molecule has 0 spiro atoms. The van der Waals surface area contributed by atoms with Gasteiger partial charge >= 0.3 is 0 Å². The first kappa shape index (κ1) is 10.3. The highest BCUT2D eigenvalue weighted by molar-refractivity contribution is 5.98. The predicted molar refractivity (Wildman–Crippen MR) is 57.6 cm³/mol. The SMILES string of the molecule is C=CCc1ccc(/C(N)=N/O)c(C)c1. The van der Waals surface area contributed by atoms with E-state index < -0.39 is 0 Å². The maximum absolute atomic E-state index is 8.53. The second-order valence-corrected chi connectivity index (χ2v) is 3.13. The number of allylic oxidation sites excluding steroid dienone is 1. The molecule has 3 nitrogen and oxygen atoms in total. The van der Waals surface area contributed by atoms with Crippen molar-refractivity contribution >= 4 is 5.84 Å². The number of aryl methyl sites for hydroxylation is 1. The van der Waals surface area contributed by atoms with Crippen molar-refractivity contribution in [2.24, 2.45) is 10.9 Å². The van der Waals surface area contributed by atoms with Crippen molar-refractivity contribution in [1.29, 1.82) is 0 Å². The van der Waals surface area contributed by atoms with Crippen molar-refractivity contribution in [3.63, 3.8) is 0 Å². The zero-order valence-corrected chi connectivity index (χ0v) is 8.20. The second-order valence-electron chi connectivity index (χ2n) is 3.13. The zero-order chi connectivity index (χ0) is 10.6. The summed E-state index contributed by atoms with van der Waals surface area (Å²) in [6.45, 7) is 5.60. The zero-order valence-electron chi connectivity index (χ0n) is 8.20. The third-order valence-electron chi connectivity index (χ3n) is 2.05. The Morgan fingerprint density at radius 1 is 1.64 bits per heavy atom. The summed E-state index contributed by atoms with van der Waals surface area (Å²) >= 11 is 0. The van der Waals surface area contributed by atoms with E-state index in [-0.39, 0.29) is 5.84 Å². The molecule has 0 fully saturated rings. The van der Waals surface area contributed by atoms with Gasteiger partial charge < -0.3 is 10.9 Å². The highest BCUT2D eigenvalue weighted by atomic mass is 16.4. The molecule has 3 N–H and O–H groups in total. The molecule has 1 aromatic carbocycles. The fraction of sp³-hybridized carbons (Fsp3) is 0.182. The van der Waals surface area contributed by atoms with Crippen LogP contribution in [-0.4, -0.2) is 11.0 Å². The molecule has 1 aromatic rings. The Kier molecular flexibility index (Phi) is 3.29. The van der Waals surface area contributed by atoms with Gasteiger partial charge in [-0.2, -0.15) is 0 Å². The van der Waals surface area contributed by atoms with Gasteiger partial charge in [-0.15, -0.1) is 6.58 Å². The maximum Gasteiger partial charge on any atom is 0.170 e. The van der Waals surface area contributed by atoms with Gasteiger partial charge in [0.1, 0.15) is 0 Å². The number of nitrogens with zero attached hydrogens (tertiary/aromatic N) is 1. The van der Waals surface area contributed by atoms with Crippen molar-refractivity contribution < 1.29 is 5.21 Å². The lowest BCUT2D eigenvalue weighted by atomic mass is 10.0. The number of hydrogen-bond donors (Lipinski definition) is 2. The molecule has 0 heterocycles. The normalized spacial score (nSPS) is 11.4. The van der Waals surface area contributed by atoms with Gasteiger partial charge in [0.05, 0.1) is 0 Å².